The highest BCUT2D eigenvalue weighted by molar-refractivity contribution is 5.95. The number of hydrogen-bond acceptors (Lipinski definition) is 3. The molecule has 2 N–H and O–H groups in total. The first-order chi connectivity index (χ1) is 10.2. The molecule has 3 aromatic rings. The van der Waals surface area contributed by atoms with Gasteiger partial charge in [0.15, 0.2) is 0 Å². The number of fused-ring (bicyclic) bond motifs is 1. The Hall–Kier alpha value is -2.46. The van der Waals surface area contributed by atoms with Gasteiger partial charge in [0.1, 0.15) is 5.82 Å². The van der Waals surface area contributed by atoms with E-state index in [2.05, 4.69) is 4.98 Å². The number of rotatable bonds is 3. The van der Waals surface area contributed by atoms with Crippen molar-refractivity contribution in [2.75, 3.05) is 11.9 Å². The van der Waals surface area contributed by atoms with Crippen molar-refractivity contribution >= 4 is 22.3 Å². The van der Waals surface area contributed by atoms with Crippen molar-refractivity contribution < 1.29 is 4.39 Å². The number of nitrogens with zero attached hydrogens (tertiary/aromatic N) is 2. The number of benzene rings is 2. The van der Waals surface area contributed by atoms with Crippen molar-refractivity contribution in [3.05, 3.63) is 66.1 Å². The van der Waals surface area contributed by atoms with Crippen LogP contribution in [0.1, 0.15) is 5.56 Å². The molecule has 1 aromatic heterocycles. The highest BCUT2D eigenvalue weighted by Crippen LogP contribution is 2.33. The Kier molecular flexibility index (Phi) is 3.54. The second-order valence-electron chi connectivity index (χ2n) is 4.89. The Bertz CT molecular complexity index is 786. The fraction of sp³-hybridized carbons (Fsp3) is 0.118. The van der Waals surface area contributed by atoms with Crippen molar-refractivity contribution in [1.29, 1.82) is 0 Å². The molecule has 0 atom stereocenters. The Labute approximate surface area is 122 Å². The number of hydrogen-bond donors (Lipinski definition) is 1. The van der Waals surface area contributed by atoms with Gasteiger partial charge in [0.05, 0.1) is 11.2 Å². The highest BCUT2D eigenvalue weighted by Gasteiger charge is 2.13. The zero-order valence-corrected chi connectivity index (χ0v) is 11.8. The first kappa shape index (κ1) is 13.5. The van der Waals surface area contributed by atoms with E-state index in [9.17, 15) is 4.39 Å². The van der Waals surface area contributed by atoms with Gasteiger partial charge in [-0.05, 0) is 24.3 Å². The fourth-order valence-electron chi connectivity index (χ4n) is 2.53. The number of aromatic nitrogens is 1. The van der Waals surface area contributed by atoms with E-state index in [1.165, 1.54) is 12.1 Å². The van der Waals surface area contributed by atoms with Crippen molar-refractivity contribution in [2.45, 2.75) is 6.54 Å². The summed E-state index contributed by atoms with van der Waals surface area (Å²) in [5.41, 5.74) is 9.42. The minimum atomic E-state index is -0.257. The summed E-state index contributed by atoms with van der Waals surface area (Å²) in [6.07, 6.45) is 1.79. The molecule has 0 unspecified atom stereocenters. The number of para-hydroxylation sites is 1. The lowest BCUT2D eigenvalue weighted by Gasteiger charge is -2.24. The van der Waals surface area contributed by atoms with Crippen LogP contribution in [0, 0.1) is 5.82 Å². The molecule has 0 saturated carbocycles. The summed E-state index contributed by atoms with van der Waals surface area (Å²) in [5.74, 6) is -0.257. The number of halogens is 1. The van der Waals surface area contributed by atoms with E-state index < -0.39 is 0 Å². The van der Waals surface area contributed by atoms with Crippen molar-refractivity contribution in [2.24, 2.45) is 5.73 Å². The Balaban J connectivity index is 2.22. The third kappa shape index (κ3) is 2.45. The van der Waals surface area contributed by atoms with Gasteiger partial charge in [0.25, 0.3) is 0 Å². The van der Waals surface area contributed by atoms with Gasteiger partial charge in [-0.2, -0.15) is 0 Å². The topological polar surface area (TPSA) is 42.1 Å². The average molecular weight is 281 g/mol. The molecule has 0 saturated heterocycles. The van der Waals surface area contributed by atoms with Gasteiger partial charge in [-0.15, -0.1) is 0 Å². The maximum absolute atomic E-state index is 13.5. The second-order valence-corrected chi connectivity index (χ2v) is 4.89. The molecular weight excluding hydrogens is 265 g/mol. The maximum atomic E-state index is 13.5. The Morgan fingerprint density at radius 3 is 2.71 bits per heavy atom. The predicted molar refractivity (Wildman–Crippen MR) is 84.1 cm³/mol. The minimum absolute atomic E-state index is 0.257. The molecule has 0 aliphatic carbocycles. The summed E-state index contributed by atoms with van der Waals surface area (Å²) in [6.45, 7) is 0.382. The standard InChI is InChI=1S/C17H16FN3/c1-21(14-6-4-5-13(18)9-14)17-12(10-19)11-20-16-8-3-2-7-15(16)17/h2-9,11H,10,19H2,1H3. The zero-order chi connectivity index (χ0) is 14.8. The molecule has 0 fully saturated rings. The van der Waals surface area contributed by atoms with Crippen molar-refractivity contribution in [3.8, 4) is 0 Å². The third-order valence-electron chi connectivity index (χ3n) is 3.57. The van der Waals surface area contributed by atoms with E-state index >= 15 is 0 Å². The average Bonchev–Trinajstić information content (AvgIpc) is 2.53. The molecule has 0 amide bonds. The van der Waals surface area contributed by atoms with E-state index in [0.717, 1.165) is 27.8 Å². The summed E-state index contributed by atoms with van der Waals surface area (Å²) < 4.78 is 13.5. The fourth-order valence-corrected chi connectivity index (χ4v) is 2.53. The van der Waals surface area contributed by atoms with Crippen LogP contribution in [0.3, 0.4) is 0 Å². The van der Waals surface area contributed by atoms with Crippen LogP contribution in [-0.4, -0.2) is 12.0 Å². The monoisotopic (exact) mass is 281 g/mol. The minimum Gasteiger partial charge on any atom is -0.344 e. The number of nitrogens with two attached hydrogens (primary N) is 1. The van der Waals surface area contributed by atoms with Crippen LogP contribution in [0.5, 0.6) is 0 Å². The van der Waals surface area contributed by atoms with E-state index in [1.807, 2.05) is 42.3 Å². The normalized spacial score (nSPS) is 10.8. The summed E-state index contributed by atoms with van der Waals surface area (Å²) in [6, 6.07) is 14.4. The molecule has 106 valence electrons. The van der Waals surface area contributed by atoms with Gasteiger partial charge < -0.3 is 10.6 Å². The molecule has 1 heterocycles. The molecular formula is C17H16FN3. The Morgan fingerprint density at radius 2 is 1.95 bits per heavy atom. The predicted octanol–water partition coefficient (Wildman–Crippen LogP) is 3.60. The van der Waals surface area contributed by atoms with Crippen LogP contribution in [0.4, 0.5) is 15.8 Å². The van der Waals surface area contributed by atoms with Crippen molar-refractivity contribution in [1.82, 2.24) is 4.98 Å². The first-order valence-corrected chi connectivity index (χ1v) is 6.76. The van der Waals surface area contributed by atoms with Crippen molar-refractivity contribution in [3.63, 3.8) is 0 Å². The summed E-state index contributed by atoms with van der Waals surface area (Å²) in [5, 5.41) is 1.01. The van der Waals surface area contributed by atoms with E-state index in [0.29, 0.717) is 6.54 Å². The van der Waals surface area contributed by atoms with Gasteiger partial charge in [-0.3, -0.25) is 4.98 Å². The second kappa shape index (κ2) is 5.50. The van der Waals surface area contributed by atoms with Crippen LogP contribution in [-0.2, 0) is 6.54 Å². The molecule has 0 radical (unpaired) electrons. The van der Waals surface area contributed by atoms with Crippen LogP contribution in [0.2, 0.25) is 0 Å². The van der Waals surface area contributed by atoms with E-state index in [4.69, 9.17) is 5.73 Å². The lowest BCUT2D eigenvalue weighted by atomic mass is 10.1. The van der Waals surface area contributed by atoms with E-state index in [1.54, 1.807) is 12.3 Å². The molecule has 0 aliphatic rings. The lowest BCUT2D eigenvalue weighted by molar-refractivity contribution is 0.628. The summed E-state index contributed by atoms with van der Waals surface area (Å²) in [7, 11) is 1.91. The molecule has 3 nitrogen and oxygen atoms in total. The largest absolute Gasteiger partial charge is 0.344 e. The van der Waals surface area contributed by atoms with E-state index in [-0.39, 0.29) is 5.82 Å². The lowest BCUT2D eigenvalue weighted by Crippen LogP contribution is -2.14. The molecule has 4 heteroatoms. The molecule has 0 spiro atoms. The molecule has 21 heavy (non-hydrogen) atoms. The molecule has 2 aromatic carbocycles. The molecule has 0 aliphatic heterocycles. The van der Waals surface area contributed by atoms with Gasteiger partial charge >= 0.3 is 0 Å². The van der Waals surface area contributed by atoms with Crippen LogP contribution in [0.25, 0.3) is 10.9 Å². The smallest absolute Gasteiger partial charge is 0.125 e. The van der Waals surface area contributed by atoms with Crippen LogP contribution < -0.4 is 10.6 Å². The zero-order valence-electron chi connectivity index (χ0n) is 11.8. The third-order valence-corrected chi connectivity index (χ3v) is 3.57. The molecule has 0 bridgehead atoms. The van der Waals surface area contributed by atoms with Crippen LogP contribution >= 0.6 is 0 Å². The highest BCUT2D eigenvalue weighted by atomic mass is 19.1. The number of pyridine rings is 1. The van der Waals surface area contributed by atoms with Gasteiger partial charge in [-0.25, -0.2) is 4.39 Å². The van der Waals surface area contributed by atoms with Gasteiger partial charge in [0.2, 0.25) is 0 Å². The summed E-state index contributed by atoms with van der Waals surface area (Å²) in [4.78, 5) is 6.38. The first-order valence-electron chi connectivity index (χ1n) is 6.76. The number of anilines is 2. The maximum Gasteiger partial charge on any atom is 0.125 e. The Morgan fingerprint density at radius 1 is 1.14 bits per heavy atom. The molecule has 3 rings (SSSR count). The van der Waals surface area contributed by atoms with Gasteiger partial charge in [-0.1, -0.05) is 24.3 Å². The quantitative estimate of drug-likeness (QED) is 0.797. The van der Waals surface area contributed by atoms with Gasteiger partial charge in [0, 0.05) is 36.4 Å². The summed E-state index contributed by atoms with van der Waals surface area (Å²) >= 11 is 0. The van der Waals surface area contributed by atoms with Crippen LogP contribution in [0.15, 0.2) is 54.7 Å². The SMILES string of the molecule is CN(c1cccc(F)c1)c1c(CN)cnc2ccccc12.